The van der Waals surface area contributed by atoms with Crippen LogP contribution in [0.3, 0.4) is 0 Å². The summed E-state index contributed by atoms with van der Waals surface area (Å²) in [4.78, 5) is 11.6. The van der Waals surface area contributed by atoms with E-state index in [-0.39, 0.29) is 24.7 Å². The lowest BCUT2D eigenvalue weighted by molar-refractivity contribution is -0.154. The molecule has 1 rings (SSSR count). The van der Waals surface area contributed by atoms with Gasteiger partial charge in [-0.3, -0.25) is 10.1 Å². The van der Waals surface area contributed by atoms with Crippen LogP contribution in [0.25, 0.3) is 0 Å². The van der Waals surface area contributed by atoms with E-state index in [4.69, 9.17) is 4.74 Å². The van der Waals surface area contributed by atoms with E-state index in [0.29, 0.717) is 0 Å². The lowest BCUT2D eigenvalue weighted by atomic mass is 9.82. The zero-order valence-corrected chi connectivity index (χ0v) is 11.2. The maximum atomic E-state index is 11.6. The summed E-state index contributed by atoms with van der Waals surface area (Å²) >= 11 is 0. The number of hydrogen-bond donors (Lipinski definition) is 2. The van der Waals surface area contributed by atoms with Crippen LogP contribution in [0.2, 0.25) is 0 Å². The zero-order chi connectivity index (χ0) is 12.9. The number of esters is 1. The highest BCUT2D eigenvalue weighted by molar-refractivity contribution is 5.72. The molecule has 4 nitrogen and oxygen atoms in total. The normalized spacial score (nSPS) is 20.0. The fourth-order valence-corrected chi connectivity index (χ4v) is 2.26. The summed E-state index contributed by atoms with van der Waals surface area (Å²) in [5.41, 5.74) is -0.715. The molecular weight excluding hydrogens is 218 g/mol. The molecule has 1 aliphatic rings. The third kappa shape index (κ3) is 5.04. The molecule has 0 spiro atoms. The molecule has 0 radical (unpaired) electrons. The molecule has 1 saturated carbocycles. The highest BCUT2D eigenvalue weighted by Crippen LogP contribution is 2.27. The topological polar surface area (TPSA) is 58.6 Å². The molecule has 0 aromatic carbocycles. The third-order valence-corrected chi connectivity index (χ3v) is 3.14. The molecule has 0 heterocycles. The largest absolute Gasteiger partial charge is 0.459 e. The fraction of sp³-hybridized carbons (Fsp3) is 0.923. The zero-order valence-electron chi connectivity index (χ0n) is 11.2. The Hall–Kier alpha value is -0.610. The van der Waals surface area contributed by atoms with Gasteiger partial charge in [-0.2, -0.15) is 0 Å². The molecule has 2 N–H and O–H groups in total. The van der Waals surface area contributed by atoms with Crippen LogP contribution < -0.4 is 5.32 Å². The van der Waals surface area contributed by atoms with E-state index in [1.54, 1.807) is 0 Å². The molecule has 100 valence electrons. The second-order valence-electron chi connectivity index (χ2n) is 5.94. The van der Waals surface area contributed by atoms with Gasteiger partial charge in [-0.15, -0.1) is 0 Å². The highest BCUT2D eigenvalue weighted by Gasteiger charge is 2.31. The second kappa shape index (κ2) is 5.83. The molecule has 0 aliphatic heterocycles. The number of rotatable bonds is 4. The van der Waals surface area contributed by atoms with Crippen LogP contribution in [0.5, 0.6) is 0 Å². The Bertz CT molecular complexity index is 252. The van der Waals surface area contributed by atoms with E-state index in [2.05, 4.69) is 5.32 Å². The van der Waals surface area contributed by atoms with Gasteiger partial charge in [0, 0.05) is 5.54 Å². The predicted octanol–water partition coefficient (Wildman–Crippen LogP) is 1.61. The van der Waals surface area contributed by atoms with Crippen molar-refractivity contribution in [3.8, 4) is 0 Å². The van der Waals surface area contributed by atoms with Gasteiger partial charge >= 0.3 is 5.97 Å². The maximum Gasteiger partial charge on any atom is 0.320 e. The molecule has 4 heteroatoms. The Kier molecular flexibility index (Phi) is 4.95. The highest BCUT2D eigenvalue weighted by atomic mass is 16.6. The summed E-state index contributed by atoms with van der Waals surface area (Å²) in [6.07, 6.45) is 5.32. The van der Waals surface area contributed by atoms with Crippen LogP contribution in [0, 0.1) is 0 Å². The summed E-state index contributed by atoms with van der Waals surface area (Å²) in [5, 5.41) is 12.7. The van der Waals surface area contributed by atoms with Crippen molar-refractivity contribution in [2.24, 2.45) is 0 Å². The standard InChI is InChI=1S/C13H25NO3/c1-12(2,3)17-11(16)9-14-13(10-15)7-5-4-6-8-13/h14-15H,4-10H2,1-3H3. The quantitative estimate of drug-likeness (QED) is 0.737. The Labute approximate surface area is 104 Å². The van der Waals surface area contributed by atoms with Gasteiger partial charge in [-0.25, -0.2) is 0 Å². The molecule has 0 bridgehead atoms. The van der Waals surface area contributed by atoms with Gasteiger partial charge in [0.2, 0.25) is 0 Å². The van der Waals surface area contributed by atoms with Crippen molar-refractivity contribution in [1.82, 2.24) is 5.32 Å². The van der Waals surface area contributed by atoms with E-state index < -0.39 is 5.60 Å². The molecule has 0 unspecified atom stereocenters. The molecular formula is C13H25NO3. The van der Waals surface area contributed by atoms with E-state index in [9.17, 15) is 9.90 Å². The lowest BCUT2D eigenvalue weighted by Crippen LogP contribution is -2.52. The molecule has 0 aromatic rings. The van der Waals surface area contributed by atoms with Crippen molar-refractivity contribution in [3.05, 3.63) is 0 Å². The first-order chi connectivity index (χ1) is 7.87. The molecule has 0 amide bonds. The first kappa shape index (κ1) is 14.5. The number of nitrogens with one attached hydrogen (secondary N) is 1. The molecule has 0 aromatic heterocycles. The van der Waals surface area contributed by atoms with Crippen molar-refractivity contribution in [1.29, 1.82) is 0 Å². The van der Waals surface area contributed by atoms with E-state index >= 15 is 0 Å². The van der Waals surface area contributed by atoms with E-state index in [1.807, 2.05) is 20.8 Å². The van der Waals surface area contributed by atoms with Crippen molar-refractivity contribution >= 4 is 5.97 Å². The smallest absolute Gasteiger partial charge is 0.320 e. The summed E-state index contributed by atoms with van der Waals surface area (Å²) in [7, 11) is 0. The summed E-state index contributed by atoms with van der Waals surface area (Å²) in [6, 6.07) is 0. The minimum absolute atomic E-state index is 0.0931. The number of carbonyl (C=O) groups excluding carboxylic acids is 1. The minimum Gasteiger partial charge on any atom is -0.459 e. The Morgan fingerprint density at radius 3 is 2.35 bits per heavy atom. The van der Waals surface area contributed by atoms with Crippen LogP contribution in [-0.2, 0) is 9.53 Å². The summed E-state index contributed by atoms with van der Waals surface area (Å²) in [5.74, 6) is -0.254. The van der Waals surface area contributed by atoms with Crippen molar-refractivity contribution in [2.45, 2.75) is 64.0 Å². The van der Waals surface area contributed by atoms with E-state index in [1.165, 1.54) is 6.42 Å². The Morgan fingerprint density at radius 1 is 1.29 bits per heavy atom. The average molecular weight is 243 g/mol. The molecule has 0 saturated heterocycles. The van der Waals surface area contributed by atoms with Gasteiger partial charge in [-0.1, -0.05) is 19.3 Å². The molecule has 17 heavy (non-hydrogen) atoms. The maximum absolute atomic E-state index is 11.6. The van der Waals surface area contributed by atoms with Gasteiger partial charge in [0.15, 0.2) is 0 Å². The van der Waals surface area contributed by atoms with Gasteiger partial charge in [0.05, 0.1) is 13.2 Å². The number of aliphatic hydroxyl groups is 1. The summed E-state index contributed by atoms with van der Waals surface area (Å²) < 4.78 is 5.24. The van der Waals surface area contributed by atoms with Gasteiger partial charge < -0.3 is 9.84 Å². The Morgan fingerprint density at radius 2 is 1.88 bits per heavy atom. The van der Waals surface area contributed by atoms with Gasteiger partial charge in [0.1, 0.15) is 5.60 Å². The van der Waals surface area contributed by atoms with Crippen molar-refractivity contribution in [3.63, 3.8) is 0 Å². The number of carbonyl (C=O) groups is 1. The van der Waals surface area contributed by atoms with Crippen LogP contribution >= 0.6 is 0 Å². The molecule has 0 atom stereocenters. The van der Waals surface area contributed by atoms with Crippen LogP contribution in [0.15, 0.2) is 0 Å². The molecule has 1 fully saturated rings. The molecule has 1 aliphatic carbocycles. The second-order valence-corrected chi connectivity index (χ2v) is 5.94. The monoisotopic (exact) mass is 243 g/mol. The Balaban J connectivity index is 2.39. The number of hydrogen-bond acceptors (Lipinski definition) is 4. The first-order valence-electron chi connectivity index (χ1n) is 6.45. The number of aliphatic hydroxyl groups excluding tert-OH is 1. The van der Waals surface area contributed by atoms with Crippen molar-refractivity contribution in [2.75, 3.05) is 13.2 Å². The van der Waals surface area contributed by atoms with Gasteiger partial charge in [-0.05, 0) is 33.6 Å². The minimum atomic E-state index is -0.447. The van der Waals surface area contributed by atoms with Crippen LogP contribution in [0.1, 0.15) is 52.9 Å². The van der Waals surface area contributed by atoms with Crippen molar-refractivity contribution < 1.29 is 14.6 Å². The third-order valence-electron chi connectivity index (χ3n) is 3.14. The fourth-order valence-electron chi connectivity index (χ4n) is 2.26. The van der Waals surface area contributed by atoms with Gasteiger partial charge in [0.25, 0.3) is 0 Å². The summed E-state index contributed by atoms with van der Waals surface area (Å²) in [6.45, 7) is 5.83. The SMILES string of the molecule is CC(C)(C)OC(=O)CNC1(CO)CCCCC1. The first-order valence-corrected chi connectivity index (χ1v) is 6.45. The number of ether oxygens (including phenoxy) is 1. The van der Waals surface area contributed by atoms with Crippen LogP contribution in [0.4, 0.5) is 0 Å². The van der Waals surface area contributed by atoms with E-state index in [0.717, 1.165) is 25.7 Å². The van der Waals surface area contributed by atoms with Crippen LogP contribution in [-0.4, -0.2) is 35.4 Å². The average Bonchev–Trinajstić information content (AvgIpc) is 2.25. The lowest BCUT2D eigenvalue weighted by Gasteiger charge is -2.36. The predicted molar refractivity (Wildman–Crippen MR) is 66.7 cm³/mol.